The minimum atomic E-state index is -0.423. The summed E-state index contributed by atoms with van der Waals surface area (Å²) in [6.45, 7) is 3.84. The number of thiazole rings is 1. The molecule has 22 heavy (non-hydrogen) atoms. The van der Waals surface area contributed by atoms with E-state index in [1.165, 1.54) is 0 Å². The van der Waals surface area contributed by atoms with Crippen molar-refractivity contribution in [3.63, 3.8) is 0 Å². The average Bonchev–Trinajstić information content (AvgIpc) is 2.95. The van der Waals surface area contributed by atoms with Gasteiger partial charge in [-0.05, 0) is 12.5 Å². The normalized spacial score (nSPS) is 20.7. The first-order chi connectivity index (χ1) is 10.6. The van der Waals surface area contributed by atoms with Gasteiger partial charge in [-0.2, -0.15) is 0 Å². The molecule has 0 saturated carbocycles. The Hall–Kier alpha value is -1.76. The molecule has 6 heteroatoms. The first kappa shape index (κ1) is 15.1. The highest BCUT2D eigenvalue weighted by molar-refractivity contribution is 7.09. The molecule has 5 nitrogen and oxygen atoms in total. The zero-order valence-electron chi connectivity index (χ0n) is 12.4. The fourth-order valence-corrected chi connectivity index (χ4v) is 3.60. The summed E-state index contributed by atoms with van der Waals surface area (Å²) in [4.78, 5) is 18.6. The second kappa shape index (κ2) is 6.56. The summed E-state index contributed by atoms with van der Waals surface area (Å²) in [5.74, 6) is -0.331. The number of nitrogens with zero attached hydrogens (tertiary/aromatic N) is 2. The van der Waals surface area contributed by atoms with E-state index in [4.69, 9.17) is 10.5 Å². The van der Waals surface area contributed by atoms with Gasteiger partial charge in [0.25, 0.3) is 0 Å². The van der Waals surface area contributed by atoms with Gasteiger partial charge in [0, 0.05) is 24.2 Å². The summed E-state index contributed by atoms with van der Waals surface area (Å²) < 4.78 is 5.83. The maximum Gasteiger partial charge on any atom is 0.239 e. The number of rotatable bonds is 4. The first-order valence-electron chi connectivity index (χ1n) is 7.27. The van der Waals surface area contributed by atoms with Crippen LogP contribution in [0.3, 0.4) is 0 Å². The lowest BCUT2D eigenvalue weighted by Crippen LogP contribution is -2.45. The van der Waals surface area contributed by atoms with Gasteiger partial charge in [0.2, 0.25) is 5.91 Å². The predicted octanol–water partition coefficient (Wildman–Crippen LogP) is 2.05. The molecule has 2 heterocycles. The molecule has 1 aliphatic heterocycles. The summed E-state index contributed by atoms with van der Waals surface area (Å²) in [6, 6.07) is 9.23. The number of hydrogen-bond acceptors (Lipinski definition) is 5. The maximum absolute atomic E-state index is 12.0. The molecule has 116 valence electrons. The monoisotopic (exact) mass is 317 g/mol. The van der Waals surface area contributed by atoms with Crippen molar-refractivity contribution in [2.45, 2.75) is 19.1 Å². The van der Waals surface area contributed by atoms with E-state index in [9.17, 15) is 4.79 Å². The van der Waals surface area contributed by atoms with Crippen LogP contribution in [-0.2, 0) is 9.53 Å². The molecule has 1 amide bonds. The quantitative estimate of drug-likeness (QED) is 0.937. The third kappa shape index (κ3) is 3.19. The van der Waals surface area contributed by atoms with E-state index in [-0.39, 0.29) is 12.0 Å². The second-order valence-electron chi connectivity index (χ2n) is 5.40. The molecule has 2 aromatic rings. The Labute approximate surface area is 133 Å². The smallest absolute Gasteiger partial charge is 0.239 e. The number of primary amides is 1. The Morgan fingerprint density at radius 3 is 2.86 bits per heavy atom. The Kier molecular flexibility index (Phi) is 4.52. The van der Waals surface area contributed by atoms with E-state index in [1.807, 2.05) is 42.6 Å². The van der Waals surface area contributed by atoms with Crippen molar-refractivity contribution in [1.82, 2.24) is 9.88 Å². The zero-order chi connectivity index (χ0) is 15.5. The van der Waals surface area contributed by atoms with Crippen LogP contribution < -0.4 is 5.73 Å². The van der Waals surface area contributed by atoms with Crippen LogP contribution in [0.2, 0.25) is 0 Å². The molecule has 1 aliphatic rings. The SMILES string of the molecule is Cc1csc([C@H]2CN([C@H](C(N)=O)c3ccccc3)CCO2)n1. The number of benzene rings is 1. The molecule has 3 rings (SSSR count). The fourth-order valence-electron chi connectivity index (χ4n) is 2.76. The lowest BCUT2D eigenvalue weighted by atomic mass is 10.0. The number of aryl methyl sites for hydroxylation is 1. The Morgan fingerprint density at radius 2 is 2.23 bits per heavy atom. The van der Waals surface area contributed by atoms with Crippen LogP contribution in [0.25, 0.3) is 0 Å². The van der Waals surface area contributed by atoms with Crippen molar-refractivity contribution in [3.8, 4) is 0 Å². The van der Waals surface area contributed by atoms with Crippen LogP contribution in [-0.4, -0.2) is 35.5 Å². The van der Waals surface area contributed by atoms with Crippen molar-refractivity contribution in [3.05, 3.63) is 52.0 Å². The van der Waals surface area contributed by atoms with Crippen molar-refractivity contribution < 1.29 is 9.53 Å². The molecule has 0 aliphatic carbocycles. The van der Waals surface area contributed by atoms with Gasteiger partial charge in [0.15, 0.2) is 0 Å². The fraction of sp³-hybridized carbons (Fsp3) is 0.375. The van der Waals surface area contributed by atoms with Gasteiger partial charge in [-0.1, -0.05) is 30.3 Å². The van der Waals surface area contributed by atoms with Crippen molar-refractivity contribution in [2.24, 2.45) is 5.73 Å². The summed E-state index contributed by atoms with van der Waals surface area (Å²) in [5.41, 5.74) is 7.57. The molecule has 0 unspecified atom stereocenters. The Bertz CT molecular complexity index is 644. The summed E-state index contributed by atoms with van der Waals surface area (Å²) in [5, 5.41) is 2.97. The van der Waals surface area contributed by atoms with Crippen molar-refractivity contribution in [2.75, 3.05) is 19.7 Å². The highest BCUT2D eigenvalue weighted by Crippen LogP contribution is 2.30. The van der Waals surface area contributed by atoms with E-state index in [2.05, 4.69) is 9.88 Å². The number of aromatic nitrogens is 1. The third-order valence-corrected chi connectivity index (χ3v) is 4.81. The standard InChI is InChI=1S/C16H19N3O2S/c1-11-10-22-16(18-11)13-9-19(7-8-21-13)14(15(17)20)12-5-3-2-4-6-12/h2-6,10,13-14H,7-9H2,1H3,(H2,17,20)/t13-,14+/m1/s1. The Balaban J connectivity index is 1.81. The van der Waals surface area contributed by atoms with Crippen LogP contribution >= 0.6 is 11.3 Å². The van der Waals surface area contributed by atoms with Crippen LogP contribution in [0.4, 0.5) is 0 Å². The second-order valence-corrected chi connectivity index (χ2v) is 6.29. The highest BCUT2D eigenvalue weighted by Gasteiger charge is 2.32. The topological polar surface area (TPSA) is 68.5 Å². The molecule has 1 aromatic carbocycles. The zero-order valence-corrected chi connectivity index (χ0v) is 13.3. The molecule has 0 bridgehead atoms. The molecule has 1 aromatic heterocycles. The largest absolute Gasteiger partial charge is 0.368 e. The summed E-state index contributed by atoms with van der Waals surface area (Å²) in [7, 11) is 0. The molecule has 2 atom stereocenters. The molecule has 1 saturated heterocycles. The van der Waals surface area contributed by atoms with Gasteiger partial charge in [-0.15, -0.1) is 11.3 Å². The Morgan fingerprint density at radius 1 is 1.45 bits per heavy atom. The van der Waals surface area contributed by atoms with Crippen molar-refractivity contribution in [1.29, 1.82) is 0 Å². The molecule has 1 fully saturated rings. The molecular weight excluding hydrogens is 298 g/mol. The molecular formula is C16H19N3O2S. The van der Waals surface area contributed by atoms with E-state index in [0.717, 1.165) is 16.3 Å². The highest BCUT2D eigenvalue weighted by atomic mass is 32.1. The minimum Gasteiger partial charge on any atom is -0.368 e. The number of carbonyl (C=O) groups excluding carboxylic acids is 1. The van der Waals surface area contributed by atoms with Gasteiger partial charge in [-0.3, -0.25) is 9.69 Å². The van der Waals surface area contributed by atoms with Gasteiger partial charge < -0.3 is 10.5 Å². The van der Waals surface area contributed by atoms with Gasteiger partial charge in [0.1, 0.15) is 17.2 Å². The number of morpholine rings is 1. The van der Waals surface area contributed by atoms with E-state index < -0.39 is 6.04 Å². The number of carbonyl (C=O) groups is 1. The lowest BCUT2D eigenvalue weighted by molar-refractivity contribution is -0.127. The van der Waals surface area contributed by atoms with Crippen LogP contribution in [0, 0.1) is 6.92 Å². The third-order valence-electron chi connectivity index (χ3n) is 3.76. The van der Waals surface area contributed by atoms with Crippen LogP contribution in [0.5, 0.6) is 0 Å². The van der Waals surface area contributed by atoms with E-state index in [0.29, 0.717) is 19.7 Å². The number of amides is 1. The molecule has 2 N–H and O–H groups in total. The predicted molar refractivity (Wildman–Crippen MR) is 85.5 cm³/mol. The van der Waals surface area contributed by atoms with Crippen LogP contribution in [0.15, 0.2) is 35.7 Å². The lowest BCUT2D eigenvalue weighted by Gasteiger charge is -2.36. The van der Waals surface area contributed by atoms with E-state index in [1.54, 1.807) is 11.3 Å². The minimum absolute atomic E-state index is 0.0991. The summed E-state index contributed by atoms with van der Waals surface area (Å²) >= 11 is 1.60. The van der Waals surface area contributed by atoms with Crippen molar-refractivity contribution >= 4 is 17.2 Å². The average molecular weight is 317 g/mol. The number of hydrogen-bond donors (Lipinski definition) is 1. The van der Waals surface area contributed by atoms with Crippen LogP contribution in [0.1, 0.15) is 28.4 Å². The summed E-state index contributed by atoms with van der Waals surface area (Å²) in [6.07, 6.45) is -0.0991. The van der Waals surface area contributed by atoms with E-state index >= 15 is 0 Å². The van der Waals surface area contributed by atoms with Gasteiger partial charge in [0.05, 0.1) is 6.61 Å². The van der Waals surface area contributed by atoms with Gasteiger partial charge in [-0.25, -0.2) is 4.98 Å². The maximum atomic E-state index is 12.0. The molecule has 0 radical (unpaired) electrons. The first-order valence-corrected chi connectivity index (χ1v) is 8.15. The number of ether oxygens (including phenoxy) is 1. The number of nitrogens with two attached hydrogens (primary N) is 1. The van der Waals surface area contributed by atoms with Gasteiger partial charge >= 0.3 is 0 Å². The molecule has 0 spiro atoms.